The molecule has 0 bridgehead atoms. The minimum Gasteiger partial charge on any atom is -0.457 e. The maximum Gasteiger partial charge on any atom is 0.302 e. The third-order valence-electron chi connectivity index (χ3n) is 5.66. The van der Waals surface area contributed by atoms with Gasteiger partial charge in [-0.2, -0.15) is 0 Å². The van der Waals surface area contributed by atoms with E-state index in [9.17, 15) is 4.79 Å². The first-order valence-electron chi connectivity index (χ1n) is 11.1. The van der Waals surface area contributed by atoms with Crippen LogP contribution in [0, 0.1) is 24.6 Å². The molecular weight excluding hydrogens is 459 g/mol. The van der Waals surface area contributed by atoms with Crippen LogP contribution in [0.1, 0.15) is 12.5 Å². The largest absolute Gasteiger partial charge is 0.457 e. The molecular formula is C27H21FN6O2. The molecule has 0 aliphatic heterocycles. The third-order valence-corrected chi connectivity index (χ3v) is 5.66. The van der Waals surface area contributed by atoms with Crippen molar-refractivity contribution in [3.63, 3.8) is 0 Å². The molecule has 36 heavy (non-hydrogen) atoms. The van der Waals surface area contributed by atoms with Crippen molar-refractivity contribution in [3.8, 4) is 23.3 Å². The minimum absolute atomic E-state index is 0.232. The maximum absolute atomic E-state index is 15.1. The van der Waals surface area contributed by atoms with Gasteiger partial charge in [-0.1, -0.05) is 5.92 Å². The van der Waals surface area contributed by atoms with Gasteiger partial charge in [-0.25, -0.2) is 19.3 Å². The highest BCUT2D eigenvalue weighted by molar-refractivity contribution is 6.06. The van der Waals surface area contributed by atoms with Crippen LogP contribution in [0.3, 0.4) is 0 Å². The second-order valence-electron chi connectivity index (χ2n) is 8.04. The lowest BCUT2D eigenvalue weighted by Crippen LogP contribution is -2.24. The van der Waals surface area contributed by atoms with Crippen LogP contribution in [0.4, 0.5) is 21.6 Å². The molecule has 0 saturated carbocycles. The summed E-state index contributed by atoms with van der Waals surface area (Å²) in [4.78, 5) is 26.5. The van der Waals surface area contributed by atoms with Gasteiger partial charge in [0.05, 0.1) is 11.2 Å². The quantitative estimate of drug-likeness (QED) is 0.346. The third kappa shape index (κ3) is 4.40. The van der Waals surface area contributed by atoms with Crippen molar-refractivity contribution in [2.45, 2.75) is 13.8 Å². The van der Waals surface area contributed by atoms with Gasteiger partial charge >= 0.3 is 5.91 Å². The molecule has 5 aromatic rings. The van der Waals surface area contributed by atoms with Crippen molar-refractivity contribution in [2.75, 3.05) is 17.3 Å². The molecule has 0 radical (unpaired) electrons. The fourth-order valence-electron chi connectivity index (χ4n) is 3.74. The van der Waals surface area contributed by atoms with Crippen LogP contribution in [-0.2, 0) is 4.79 Å². The molecule has 8 nitrogen and oxygen atoms in total. The number of anilines is 3. The average molecular weight is 481 g/mol. The second-order valence-corrected chi connectivity index (χ2v) is 8.04. The number of fused-ring (bicyclic) bond motifs is 2. The summed E-state index contributed by atoms with van der Waals surface area (Å²) in [7, 11) is 1.64. The molecule has 0 saturated heterocycles. The van der Waals surface area contributed by atoms with Crippen LogP contribution in [0.5, 0.6) is 11.5 Å². The summed E-state index contributed by atoms with van der Waals surface area (Å²) in [6.45, 7) is 3.44. The molecule has 0 spiro atoms. The van der Waals surface area contributed by atoms with Crippen LogP contribution in [0.2, 0.25) is 0 Å². The highest BCUT2D eigenvalue weighted by Crippen LogP contribution is 2.33. The highest BCUT2D eigenvalue weighted by Gasteiger charge is 2.14. The topological polar surface area (TPSA) is 84.7 Å². The molecule has 3 heterocycles. The lowest BCUT2D eigenvalue weighted by Gasteiger charge is -2.16. The monoisotopic (exact) mass is 480 g/mol. The fourth-order valence-corrected chi connectivity index (χ4v) is 3.74. The van der Waals surface area contributed by atoms with E-state index in [1.165, 1.54) is 17.3 Å². The van der Waals surface area contributed by atoms with Crippen LogP contribution in [0.15, 0.2) is 67.4 Å². The van der Waals surface area contributed by atoms with Gasteiger partial charge < -0.3 is 19.4 Å². The second kappa shape index (κ2) is 9.35. The molecule has 3 aromatic heterocycles. The van der Waals surface area contributed by atoms with E-state index in [1.54, 1.807) is 56.6 Å². The normalized spacial score (nSPS) is 10.7. The molecule has 0 fully saturated rings. The summed E-state index contributed by atoms with van der Waals surface area (Å²) >= 11 is 0. The van der Waals surface area contributed by atoms with E-state index in [0.29, 0.717) is 33.9 Å². The number of pyridine rings is 1. The fraction of sp³-hybridized carbons (Fsp3) is 0.111. The Labute approximate surface area is 206 Å². The van der Waals surface area contributed by atoms with Crippen LogP contribution in [0.25, 0.3) is 16.6 Å². The molecule has 2 aromatic carbocycles. The number of aryl methyl sites for hydroxylation is 1. The van der Waals surface area contributed by atoms with Crippen molar-refractivity contribution in [3.05, 3.63) is 78.8 Å². The summed E-state index contributed by atoms with van der Waals surface area (Å²) < 4.78 is 22.9. The first-order valence-corrected chi connectivity index (χ1v) is 11.1. The molecule has 9 heteroatoms. The van der Waals surface area contributed by atoms with Gasteiger partial charge in [0.15, 0.2) is 0 Å². The number of halogens is 1. The number of aromatic nitrogens is 4. The van der Waals surface area contributed by atoms with Gasteiger partial charge in [0.25, 0.3) is 0 Å². The number of carbonyl (C=O) groups is 1. The Bertz CT molecular complexity index is 1680. The number of rotatable bonds is 5. The lowest BCUT2D eigenvalue weighted by molar-refractivity contribution is -0.113. The van der Waals surface area contributed by atoms with Crippen molar-refractivity contribution < 1.29 is 13.9 Å². The lowest BCUT2D eigenvalue weighted by atomic mass is 10.1. The molecule has 0 atom stereocenters. The molecule has 178 valence electrons. The first-order chi connectivity index (χ1) is 17.4. The van der Waals surface area contributed by atoms with E-state index in [1.807, 2.05) is 23.7 Å². The van der Waals surface area contributed by atoms with Crippen LogP contribution in [-0.4, -0.2) is 32.3 Å². The predicted molar refractivity (Wildman–Crippen MR) is 136 cm³/mol. The number of nitrogens with one attached hydrogen (secondary N) is 1. The van der Waals surface area contributed by atoms with Crippen molar-refractivity contribution in [2.24, 2.45) is 0 Å². The Morgan fingerprint density at radius 1 is 1.11 bits per heavy atom. The molecule has 1 N–H and O–H groups in total. The first kappa shape index (κ1) is 22.8. The van der Waals surface area contributed by atoms with E-state index >= 15 is 4.39 Å². The maximum atomic E-state index is 15.1. The molecule has 1 amide bonds. The zero-order chi connectivity index (χ0) is 25.2. The Hall–Kier alpha value is -4.97. The number of hydrogen-bond donors (Lipinski definition) is 1. The number of nitrogens with zero attached hydrogens (tertiary/aromatic N) is 5. The summed E-state index contributed by atoms with van der Waals surface area (Å²) in [6.07, 6.45) is 6.75. The number of amides is 1. The summed E-state index contributed by atoms with van der Waals surface area (Å²) in [5.74, 6) is 5.61. The van der Waals surface area contributed by atoms with E-state index in [2.05, 4.69) is 32.1 Å². The SMILES string of the molecule is CC#CC(=O)N(C)c1ccc2ncnc(Nc3cc(C)c(Oc4ccn5ccnc5c4)cc3F)c2c1. The van der Waals surface area contributed by atoms with Gasteiger partial charge in [0.1, 0.15) is 35.1 Å². The van der Waals surface area contributed by atoms with Gasteiger partial charge in [-0.15, -0.1) is 0 Å². The van der Waals surface area contributed by atoms with Crippen LogP contribution >= 0.6 is 0 Å². The van der Waals surface area contributed by atoms with Crippen molar-refractivity contribution in [1.29, 1.82) is 0 Å². The van der Waals surface area contributed by atoms with Crippen molar-refractivity contribution >= 4 is 39.6 Å². The molecule has 0 aliphatic rings. The average Bonchev–Trinajstić information content (AvgIpc) is 3.34. The molecule has 0 aliphatic carbocycles. The smallest absolute Gasteiger partial charge is 0.302 e. The number of ether oxygens (including phenoxy) is 1. The van der Waals surface area contributed by atoms with Crippen LogP contribution < -0.4 is 15.0 Å². The van der Waals surface area contributed by atoms with Crippen molar-refractivity contribution in [1.82, 2.24) is 19.4 Å². The van der Waals surface area contributed by atoms with E-state index in [0.717, 1.165) is 11.2 Å². The van der Waals surface area contributed by atoms with E-state index in [4.69, 9.17) is 4.74 Å². The van der Waals surface area contributed by atoms with Gasteiger partial charge in [0, 0.05) is 48.8 Å². The van der Waals surface area contributed by atoms with Gasteiger partial charge in [0.2, 0.25) is 0 Å². The summed E-state index contributed by atoms with van der Waals surface area (Å²) in [6, 6.07) is 11.9. The summed E-state index contributed by atoms with van der Waals surface area (Å²) in [5.41, 5.74) is 2.95. The Morgan fingerprint density at radius 3 is 2.81 bits per heavy atom. The zero-order valence-electron chi connectivity index (χ0n) is 19.8. The molecule has 0 unspecified atom stereocenters. The number of imidazole rings is 1. The number of hydrogen-bond acceptors (Lipinski definition) is 6. The van der Waals surface area contributed by atoms with E-state index in [-0.39, 0.29) is 11.6 Å². The Kier molecular flexibility index (Phi) is 5.92. The minimum atomic E-state index is -0.508. The van der Waals surface area contributed by atoms with Gasteiger partial charge in [-0.05, 0) is 55.7 Å². The van der Waals surface area contributed by atoms with E-state index < -0.39 is 5.82 Å². The zero-order valence-corrected chi connectivity index (χ0v) is 19.8. The van der Waals surface area contributed by atoms with Gasteiger partial charge in [-0.3, -0.25) is 4.79 Å². The highest BCUT2D eigenvalue weighted by atomic mass is 19.1. The summed E-state index contributed by atoms with van der Waals surface area (Å²) in [5, 5.41) is 3.69. The number of carbonyl (C=O) groups excluding carboxylic acids is 1. The Balaban J connectivity index is 1.45. The standard InChI is InChI=1S/C27H21FN6O2/c1-4-5-26(35)33(3)18-6-7-22-20(13-18)27(31-16-30-22)32-23-12-17(2)24(15-21(23)28)36-19-8-10-34-11-9-29-25(34)14-19/h6-16H,1-3H3,(H,30,31,32). The Morgan fingerprint density at radius 2 is 1.97 bits per heavy atom. The predicted octanol–water partition coefficient (Wildman–Crippen LogP) is 5.25. The number of benzene rings is 2. The molecule has 5 rings (SSSR count).